The quantitative estimate of drug-likeness (QED) is 0.569. The first-order valence-electron chi connectivity index (χ1n) is 7.94. The van der Waals surface area contributed by atoms with Gasteiger partial charge in [0.15, 0.2) is 5.82 Å². The first-order chi connectivity index (χ1) is 12.2. The van der Waals surface area contributed by atoms with Crippen LogP contribution in [0.3, 0.4) is 0 Å². The molecule has 0 aliphatic carbocycles. The summed E-state index contributed by atoms with van der Waals surface area (Å²) in [4.78, 5) is 9.23. The molecule has 2 N–H and O–H groups in total. The summed E-state index contributed by atoms with van der Waals surface area (Å²) in [5.74, 6) is 1.47. The first kappa shape index (κ1) is 17.6. The zero-order valence-corrected chi connectivity index (χ0v) is 14.0. The molecule has 0 saturated carbocycles. The Hall–Kier alpha value is -3.19. The summed E-state index contributed by atoms with van der Waals surface area (Å²) >= 11 is 0. The number of imidazole rings is 1. The molecule has 0 spiro atoms. The van der Waals surface area contributed by atoms with E-state index in [2.05, 4.69) is 10.1 Å². The highest BCUT2D eigenvalue weighted by Gasteiger charge is 2.16. The number of benzene rings is 1. The molecular formula is C19H22N6O. The lowest BCUT2D eigenvalue weighted by Gasteiger charge is -2.16. The van der Waals surface area contributed by atoms with Gasteiger partial charge in [-0.3, -0.25) is 4.57 Å². The number of ether oxygens (including phenoxy) is 1. The third-order valence-electron chi connectivity index (χ3n) is 4.22. The monoisotopic (exact) mass is 350 g/mol. The third kappa shape index (κ3) is 2.93. The van der Waals surface area contributed by atoms with E-state index in [0.29, 0.717) is 5.69 Å². The lowest BCUT2D eigenvalue weighted by atomic mass is 10.1. The summed E-state index contributed by atoms with van der Waals surface area (Å²) in [5, 5.41) is 4.32. The molecule has 1 atom stereocenters. The highest BCUT2D eigenvalue weighted by atomic mass is 16.5. The van der Waals surface area contributed by atoms with Gasteiger partial charge in [-0.15, -0.1) is 0 Å². The second-order valence-electron chi connectivity index (χ2n) is 5.77. The van der Waals surface area contributed by atoms with Gasteiger partial charge in [-0.05, 0) is 43.3 Å². The fraction of sp³-hybridized carbons (Fsp3) is 0.211. The van der Waals surface area contributed by atoms with Gasteiger partial charge >= 0.3 is 0 Å². The molecule has 3 aromatic heterocycles. The number of nitrogens with two attached hydrogens (primary N) is 1. The molecule has 7 heteroatoms. The second-order valence-corrected chi connectivity index (χ2v) is 5.77. The maximum atomic E-state index is 5.93. The Balaban J connectivity index is 0.00000196. The fourth-order valence-electron chi connectivity index (χ4n) is 2.81. The number of fused-ring (bicyclic) bond motifs is 1. The van der Waals surface area contributed by atoms with Crippen molar-refractivity contribution in [1.82, 2.24) is 24.3 Å². The van der Waals surface area contributed by atoms with Gasteiger partial charge in [0.25, 0.3) is 0 Å². The summed E-state index contributed by atoms with van der Waals surface area (Å²) in [7, 11) is 1.68. The van der Waals surface area contributed by atoms with Crippen LogP contribution in [0.2, 0.25) is 0 Å². The highest BCUT2D eigenvalue weighted by Crippen LogP contribution is 2.25. The summed E-state index contributed by atoms with van der Waals surface area (Å²) in [6.45, 7) is 1.98. The van der Waals surface area contributed by atoms with Crippen LogP contribution in [0.5, 0.6) is 0 Å². The van der Waals surface area contributed by atoms with Crippen molar-refractivity contribution in [2.75, 3.05) is 12.8 Å². The Morgan fingerprint density at radius 1 is 1.19 bits per heavy atom. The predicted octanol–water partition coefficient (Wildman–Crippen LogP) is 3.53. The van der Waals surface area contributed by atoms with Crippen LogP contribution in [-0.4, -0.2) is 31.4 Å². The molecule has 1 unspecified atom stereocenters. The Bertz CT molecular complexity index is 1020. The maximum absolute atomic E-state index is 5.93. The summed E-state index contributed by atoms with van der Waals surface area (Å²) in [5.41, 5.74) is 9.35. The molecule has 0 fully saturated rings. The molecule has 134 valence electrons. The zero-order valence-electron chi connectivity index (χ0n) is 14.0. The molecule has 0 radical (unpaired) electrons. The predicted molar refractivity (Wildman–Crippen MR) is 103 cm³/mol. The summed E-state index contributed by atoms with van der Waals surface area (Å²) in [6.07, 6.45) is 5.24. The van der Waals surface area contributed by atoms with Crippen molar-refractivity contribution in [2.24, 2.45) is 0 Å². The van der Waals surface area contributed by atoms with Crippen molar-refractivity contribution < 1.29 is 4.74 Å². The number of rotatable bonds is 4. The van der Waals surface area contributed by atoms with Crippen molar-refractivity contribution in [2.45, 2.75) is 20.5 Å². The number of aromatic nitrogens is 5. The van der Waals surface area contributed by atoms with Gasteiger partial charge < -0.3 is 10.5 Å². The summed E-state index contributed by atoms with van der Waals surface area (Å²) in [6, 6.07) is 11.4. The van der Waals surface area contributed by atoms with Crippen LogP contribution in [0.25, 0.3) is 22.7 Å². The van der Waals surface area contributed by atoms with Crippen LogP contribution in [0.1, 0.15) is 26.0 Å². The van der Waals surface area contributed by atoms with Crippen molar-refractivity contribution in [3.63, 3.8) is 0 Å². The average molecular weight is 350 g/mol. The Kier molecular flexibility index (Phi) is 4.73. The first-order valence-corrected chi connectivity index (χ1v) is 7.94. The topological polar surface area (TPSA) is 83.8 Å². The normalized spacial score (nSPS) is 12.1. The minimum atomic E-state index is -0.101. The minimum Gasteiger partial charge on any atom is -0.399 e. The van der Waals surface area contributed by atoms with E-state index in [1.165, 1.54) is 0 Å². The number of anilines is 1. The minimum absolute atomic E-state index is 0. The van der Waals surface area contributed by atoms with Crippen molar-refractivity contribution in [1.29, 1.82) is 0 Å². The fourth-order valence-corrected chi connectivity index (χ4v) is 2.81. The molecule has 0 aliphatic heterocycles. The zero-order chi connectivity index (χ0) is 17.4. The van der Waals surface area contributed by atoms with Crippen molar-refractivity contribution in [3.05, 3.63) is 60.7 Å². The molecule has 0 aliphatic rings. The number of nitrogen functional groups attached to an aromatic ring is 1. The molecule has 3 heterocycles. The Morgan fingerprint density at radius 3 is 2.77 bits per heavy atom. The highest BCUT2D eigenvalue weighted by molar-refractivity contribution is 5.80. The van der Waals surface area contributed by atoms with E-state index in [-0.39, 0.29) is 13.5 Å². The van der Waals surface area contributed by atoms with E-state index in [4.69, 9.17) is 15.5 Å². The van der Waals surface area contributed by atoms with Gasteiger partial charge in [0.2, 0.25) is 0 Å². The van der Waals surface area contributed by atoms with E-state index >= 15 is 0 Å². The maximum Gasteiger partial charge on any atom is 0.161 e. The number of pyridine rings is 1. The van der Waals surface area contributed by atoms with Crippen LogP contribution >= 0.6 is 0 Å². The molecule has 0 amide bonds. The summed E-state index contributed by atoms with van der Waals surface area (Å²) < 4.78 is 9.13. The smallest absolute Gasteiger partial charge is 0.161 e. The van der Waals surface area contributed by atoms with Crippen LogP contribution in [0.4, 0.5) is 5.69 Å². The molecule has 26 heavy (non-hydrogen) atoms. The molecule has 4 aromatic rings. The molecular weight excluding hydrogens is 328 g/mol. The van der Waals surface area contributed by atoms with E-state index in [9.17, 15) is 0 Å². The van der Waals surface area contributed by atoms with Gasteiger partial charge in [-0.2, -0.15) is 5.10 Å². The molecule has 0 bridgehead atoms. The molecule has 1 aromatic carbocycles. The number of nitrogens with zero attached hydrogens (tertiary/aromatic N) is 5. The van der Waals surface area contributed by atoms with Crippen LogP contribution < -0.4 is 5.73 Å². The van der Waals surface area contributed by atoms with Crippen molar-refractivity contribution in [3.8, 4) is 11.6 Å². The molecule has 4 rings (SSSR count). The average Bonchev–Trinajstić information content (AvgIpc) is 3.30. The Labute approximate surface area is 152 Å². The van der Waals surface area contributed by atoms with E-state index in [0.717, 1.165) is 28.2 Å². The molecule has 7 nitrogen and oxygen atoms in total. The van der Waals surface area contributed by atoms with E-state index < -0.39 is 0 Å². The second kappa shape index (κ2) is 6.97. The van der Waals surface area contributed by atoms with Gasteiger partial charge in [0, 0.05) is 30.8 Å². The SMILES string of the molecule is C.COC(C)c1ccc(-n2cnc3ccc(N)cc32)nc1-n1cccn1. The van der Waals surface area contributed by atoms with Crippen LogP contribution in [0.15, 0.2) is 55.1 Å². The standard InChI is InChI=1S/C18H18N6O.CH4/c1-12(25-2)14-5-7-17(22-18(14)24-9-3-8-21-24)23-11-20-15-6-4-13(19)10-16(15)23;/h3-12H,19H2,1-2H3;1H4. The number of methoxy groups -OCH3 is 1. The van der Waals surface area contributed by atoms with Gasteiger partial charge in [-0.25, -0.2) is 14.6 Å². The van der Waals surface area contributed by atoms with Crippen molar-refractivity contribution >= 4 is 16.7 Å². The lowest BCUT2D eigenvalue weighted by Crippen LogP contribution is -2.10. The third-order valence-corrected chi connectivity index (χ3v) is 4.22. The largest absolute Gasteiger partial charge is 0.399 e. The van der Waals surface area contributed by atoms with E-state index in [1.54, 1.807) is 24.3 Å². The van der Waals surface area contributed by atoms with E-state index in [1.807, 2.05) is 54.1 Å². The van der Waals surface area contributed by atoms with Crippen LogP contribution in [0, 0.1) is 0 Å². The van der Waals surface area contributed by atoms with Gasteiger partial charge in [0.1, 0.15) is 12.1 Å². The lowest BCUT2D eigenvalue weighted by molar-refractivity contribution is 0.119. The van der Waals surface area contributed by atoms with Gasteiger partial charge in [-0.1, -0.05) is 7.43 Å². The molecule has 0 saturated heterocycles. The number of hydrogen-bond donors (Lipinski definition) is 1. The van der Waals surface area contributed by atoms with Crippen LogP contribution in [-0.2, 0) is 4.74 Å². The van der Waals surface area contributed by atoms with Gasteiger partial charge in [0.05, 0.1) is 17.1 Å². The number of hydrogen-bond acceptors (Lipinski definition) is 5. The Morgan fingerprint density at radius 2 is 2.04 bits per heavy atom.